The van der Waals surface area contributed by atoms with E-state index in [2.05, 4.69) is 17.2 Å². The van der Waals surface area contributed by atoms with Gasteiger partial charge in [-0.2, -0.15) is 0 Å². The molecule has 0 unspecified atom stereocenters. The van der Waals surface area contributed by atoms with E-state index in [-0.39, 0.29) is 11.8 Å². The summed E-state index contributed by atoms with van der Waals surface area (Å²) in [5.41, 5.74) is 1.62. The maximum Gasteiger partial charge on any atom is 0.248 e. The third-order valence-electron chi connectivity index (χ3n) is 3.52. The largest absolute Gasteiger partial charge is 0.493 e. The number of benzene rings is 2. The lowest BCUT2D eigenvalue weighted by atomic mass is 10.2. The number of amides is 2. The number of nitrogens with one attached hydrogen (secondary N) is 2. The third-order valence-corrected chi connectivity index (χ3v) is 3.76. The molecule has 0 fully saturated rings. The zero-order valence-corrected chi connectivity index (χ0v) is 16.4. The van der Waals surface area contributed by atoms with Crippen LogP contribution in [-0.4, -0.2) is 25.5 Å². The van der Waals surface area contributed by atoms with E-state index in [1.165, 1.54) is 13.0 Å². The van der Waals surface area contributed by atoms with Crippen LogP contribution < -0.4 is 20.1 Å². The minimum Gasteiger partial charge on any atom is -0.493 e. The maximum atomic E-state index is 12.3. The highest BCUT2D eigenvalue weighted by atomic mass is 35.5. The Balaban J connectivity index is 2.13. The molecule has 0 aliphatic heterocycles. The van der Waals surface area contributed by atoms with Gasteiger partial charge in [0.15, 0.2) is 11.5 Å². The molecule has 0 aromatic heterocycles. The SMILES string of the molecule is C=CCOc1ccc(C=CC(=O)Nc2cc(Cl)ccc2NC(C)=O)cc1OC. The fraction of sp³-hybridized carbons (Fsp3) is 0.143. The smallest absolute Gasteiger partial charge is 0.248 e. The molecule has 6 nitrogen and oxygen atoms in total. The summed E-state index contributed by atoms with van der Waals surface area (Å²) in [5.74, 6) is 0.508. The van der Waals surface area contributed by atoms with Crippen LogP contribution in [0.3, 0.4) is 0 Å². The van der Waals surface area contributed by atoms with Gasteiger partial charge in [-0.3, -0.25) is 9.59 Å². The standard InChI is InChI=1S/C21H21ClN2O4/c1-4-11-28-19-9-5-15(12-20(19)27-3)6-10-21(26)24-18-13-16(22)7-8-17(18)23-14(2)25/h4-10,12-13H,1,11H2,2-3H3,(H,23,25)(H,24,26). The molecular formula is C21H21ClN2O4. The number of methoxy groups -OCH3 is 1. The quantitative estimate of drug-likeness (QED) is 0.504. The van der Waals surface area contributed by atoms with E-state index in [4.69, 9.17) is 21.1 Å². The number of hydrogen-bond acceptors (Lipinski definition) is 4. The molecule has 146 valence electrons. The highest BCUT2D eigenvalue weighted by Crippen LogP contribution is 2.29. The molecule has 2 N–H and O–H groups in total. The summed E-state index contributed by atoms with van der Waals surface area (Å²) in [5, 5.41) is 5.79. The molecule has 0 saturated heterocycles. The average molecular weight is 401 g/mol. The van der Waals surface area contributed by atoms with Gasteiger partial charge in [0.25, 0.3) is 0 Å². The zero-order chi connectivity index (χ0) is 20.5. The first-order chi connectivity index (χ1) is 13.4. The van der Waals surface area contributed by atoms with Gasteiger partial charge in [-0.25, -0.2) is 0 Å². The van der Waals surface area contributed by atoms with Crippen molar-refractivity contribution in [2.45, 2.75) is 6.92 Å². The second-order valence-electron chi connectivity index (χ2n) is 5.70. The molecule has 2 rings (SSSR count). The molecule has 0 aliphatic rings. The van der Waals surface area contributed by atoms with Gasteiger partial charge in [0, 0.05) is 18.0 Å². The van der Waals surface area contributed by atoms with Gasteiger partial charge in [-0.15, -0.1) is 0 Å². The first-order valence-corrected chi connectivity index (χ1v) is 8.78. The second kappa shape index (κ2) is 10.2. The Kier molecular flexibility index (Phi) is 7.65. The minimum absolute atomic E-state index is 0.251. The number of halogens is 1. The molecule has 0 saturated carbocycles. The molecule has 0 atom stereocenters. The van der Waals surface area contributed by atoms with E-state index in [0.717, 1.165) is 5.56 Å². The summed E-state index contributed by atoms with van der Waals surface area (Å²) in [6, 6.07) is 10.1. The summed E-state index contributed by atoms with van der Waals surface area (Å²) < 4.78 is 10.8. The Morgan fingerprint density at radius 2 is 1.89 bits per heavy atom. The number of anilines is 2. The van der Waals surface area contributed by atoms with Gasteiger partial charge >= 0.3 is 0 Å². The van der Waals surface area contributed by atoms with Gasteiger partial charge in [0.1, 0.15) is 6.61 Å². The van der Waals surface area contributed by atoms with Crippen molar-refractivity contribution in [3.05, 3.63) is 65.7 Å². The first-order valence-electron chi connectivity index (χ1n) is 8.41. The average Bonchev–Trinajstić information content (AvgIpc) is 2.66. The number of carbonyl (C=O) groups is 2. The second-order valence-corrected chi connectivity index (χ2v) is 6.14. The summed E-state index contributed by atoms with van der Waals surface area (Å²) in [6.07, 6.45) is 4.65. The monoisotopic (exact) mass is 400 g/mol. The zero-order valence-electron chi connectivity index (χ0n) is 15.6. The molecule has 0 radical (unpaired) electrons. The van der Waals surface area contributed by atoms with Crippen LogP contribution in [0.1, 0.15) is 12.5 Å². The molecule has 7 heteroatoms. The Labute approximate surface area is 168 Å². The lowest BCUT2D eigenvalue weighted by Gasteiger charge is -2.11. The molecule has 28 heavy (non-hydrogen) atoms. The summed E-state index contributed by atoms with van der Waals surface area (Å²) >= 11 is 5.98. The molecule has 0 heterocycles. The van der Waals surface area contributed by atoms with E-state index in [1.807, 2.05) is 0 Å². The van der Waals surface area contributed by atoms with Crippen LogP contribution in [0.2, 0.25) is 5.02 Å². The van der Waals surface area contributed by atoms with E-state index in [0.29, 0.717) is 34.5 Å². The molecule has 0 bridgehead atoms. The molecule has 2 aromatic carbocycles. The van der Waals surface area contributed by atoms with Crippen LogP contribution in [0, 0.1) is 0 Å². The summed E-state index contributed by atoms with van der Waals surface area (Å²) in [4.78, 5) is 23.6. The van der Waals surface area contributed by atoms with Crippen molar-refractivity contribution in [2.75, 3.05) is 24.4 Å². The molecule has 0 spiro atoms. The topological polar surface area (TPSA) is 76.7 Å². The van der Waals surface area contributed by atoms with E-state index < -0.39 is 0 Å². The number of carbonyl (C=O) groups excluding carboxylic acids is 2. The van der Waals surface area contributed by atoms with Gasteiger partial charge in [0.05, 0.1) is 18.5 Å². The highest BCUT2D eigenvalue weighted by Gasteiger charge is 2.08. The van der Waals surface area contributed by atoms with Crippen molar-refractivity contribution in [3.8, 4) is 11.5 Å². The van der Waals surface area contributed by atoms with Gasteiger partial charge in [-0.05, 0) is 42.0 Å². The Morgan fingerprint density at radius 3 is 2.57 bits per heavy atom. The fourth-order valence-corrected chi connectivity index (χ4v) is 2.49. The van der Waals surface area contributed by atoms with Crippen LogP contribution >= 0.6 is 11.6 Å². The van der Waals surface area contributed by atoms with Crippen LogP contribution in [0.25, 0.3) is 6.08 Å². The molecule has 0 aliphatic carbocycles. The number of ether oxygens (including phenoxy) is 2. The van der Waals surface area contributed by atoms with Crippen LogP contribution in [0.4, 0.5) is 11.4 Å². The van der Waals surface area contributed by atoms with Crippen molar-refractivity contribution in [1.82, 2.24) is 0 Å². The van der Waals surface area contributed by atoms with Crippen LogP contribution in [-0.2, 0) is 9.59 Å². The Morgan fingerprint density at radius 1 is 1.11 bits per heavy atom. The molecule has 2 amide bonds. The minimum atomic E-state index is -0.375. The number of rotatable bonds is 8. The summed E-state index contributed by atoms with van der Waals surface area (Å²) in [7, 11) is 1.54. The lowest BCUT2D eigenvalue weighted by Crippen LogP contribution is -2.13. The predicted octanol–water partition coefficient (Wildman–Crippen LogP) is 4.52. The number of hydrogen-bond donors (Lipinski definition) is 2. The van der Waals surface area contributed by atoms with E-state index in [1.54, 1.807) is 55.7 Å². The van der Waals surface area contributed by atoms with Crippen molar-refractivity contribution in [3.63, 3.8) is 0 Å². The molecular weight excluding hydrogens is 380 g/mol. The van der Waals surface area contributed by atoms with E-state index >= 15 is 0 Å². The third kappa shape index (κ3) is 6.17. The van der Waals surface area contributed by atoms with Crippen molar-refractivity contribution < 1.29 is 19.1 Å². The van der Waals surface area contributed by atoms with Crippen molar-refractivity contribution in [1.29, 1.82) is 0 Å². The van der Waals surface area contributed by atoms with Crippen molar-refractivity contribution >= 4 is 40.9 Å². The van der Waals surface area contributed by atoms with Gasteiger partial charge in [0.2, 0.25) is 11.8 Å². The van der Waals surface area contributed by atoms with Gasteiger partial charge < -0.3 is 20.1 Å². The maximum absolute atomic E-state index is 12.3. The van der Waals surface area contributed by atoms with Crippen molar-refractivity contribution in [2.24, 2.45) is 0 Å². The lowest BCUT2D eigenvalue weighted by molar-refractivity contribution is -0.114. The van der Waals surface area contributed by atoms with Gasteiger partial charge in [-0.1, -0.05) is 30.3 Å². The predicted molar refractivity (Wildman–Crippen MR) is 112 cm³/mol. The Bertz CT molecular complexity index is 909. The normalized spacial score (nSPS) is 10.4. The first kappa shape index (κ1) is 21.1. The Hall–Kier alpha value is -3.25. The van der Waals surface area contributed by atoms with Crippen LogP contribution in [0.15, 0.2) is 55.1 Å². The van der Waals surface area contributed by atoms with Crippen LogP contribution in [0.5, 0.6) is 11.5 Å². The fourth-order valence-electron chi connectivity index (χ4n) is 2.32. The van der Waals surface area contributed by atoms with E-state index in [9.17, 15) is 9.59 Å². The molecule has 2 aromatic rings. The summed E-state index contributed by atoms with van der Waals surface area (Å²) in [6.45, 7) is 5.36. The highest BCUT2D eigenvalue weighted by molar-refractivity contribution is 6.31.